The van der Waals surface area contributed by atoms with Crippen molar-refractivity contribution in [3.63, 3.8) is 0 Å². The molecule has 1 rings (SSSR count). The zero-order chi connectivity index (χ0) is 12.2. The SMILES string of the molecule is CC.Cc1c(C=O)c(C(F)(F)F)nn1C. The summed E-state index contributed by atoms with van der Waals surface area (Å²) in [5.74, 6) is 0. The number of carbonyl (C=O) groups is 1. The fourth-order valence-corrected chi connectivity index (χ4v) is 0.975. The van der Waals surface area contributed by atoms with Crippen molar-refractivity contribution in [3.05, 3.63) is 17.0 Å². The number of aldehydes is 1. The highest BCUT2D eigenvalue weighted by molar-refractivity contribution is 5.78. The molecule has 0 saturated carbocycles. The Bertz CT molecular complexity index is 342. The van der Waals surface area contributed by atoms with Crippen LogP contribution in [0.2, 0.25) is 0 Å². The Morgan fingerprint density at radius 1 is 1.33 bits per heavy atom. The van der Waals surface area contributed by atoms with Gasteiger partial charge in [-0.05, 0) is 6.92 Å². The summed E-state index contributed by atoms with van der Waals surface area (Å²) < 4.78 is 37.6. The minimum Gasteiger partial charge on any atom is -0.298 e. The molecule has 0 aromatic carbocycles. The summed E-state index contributed by atoms with van der Waals surface area (Å²) in [7, 11) is 1.36. The third-order valence-electron chi connectivity index (χ3n) is 1.77. The Morgan fingerprint density at radius 3 is 2.07 bits per heavy atom. The second-order valence-corrected chi connectivity index (χ2v) is 2.59. The lowest BCUT2D eigenvalue weighted by atomic mass is 10.2. The van der Waals surface area contributed by atoms with Gasteiger partial charge in [-0.3, -0.25) is 9.48 Å². The number of hydrogen-bond donors (Lipinski definition) is 0. The maximum Gasteiger partial charge on any atom is 0.435 e. The summed E-state index contributed by atoms with van der Waals surface area (Å²) in [6.45, 7) is 5.41. The van der Waals surface area contributed by atoms with Crippen molar-refractivity contribution < 1.29 is 18.0 Å². The fourth-order valence-electron chi connectivity index (χ4n) is 0.975. The Kier molecular flexibility index (Phi) is 4.51. The van der Waals surface area contributed by atoms with Crippen molar-refractivity contribution in [2.45, 2.75) is 26.9 Å². The molecule has 0 saturated heterocycles. The first-order valence-electron chi connectivity index (χ1n) is 4.44. The number of rotatable bonds is 1. The van der Waals surface area contributed by atoms with E-state index in [9.17, 15) is 18.0 Å². The molecule has 3 nitrogen and oxygen atoms in total. The van der Waals surface area contributed by atoms with Crippen LogP contribution in [0.25, 0.3) is 0 Å². The van der Waals surface area contributed by atoms with E-state index in [4.69, 9.17) is 0 Å². The third kappa shape index (κ3) is 2.81. The largest absolute Gasteiger partial charge is 0.435 e. The van der Waals surface area contributed by atoms with Gasteiger partial charge in [0.15, 0.2) is 12.0 Å². The molecule has 0 spiro atoms. The maximum absolute atomic E-state index is 12.2. The second-order valence-electron chi connectivity index (χ2n) is 2.59. The summed E-state index contributed by atoms with van der Waals surface area (Å²) in [4.78, 5) is 10.4. The van der Waals surface area contributed by atoms with Gasteiger partial charge in [0.05, 0.1) is 5.56 Å². The van der Waals surface area contributed by atoms with Crippen LogP contribution in [-0.2, 0) is 13.2 Å². The van der Waals surface area contributed by atoms with E-state index >= 15 is 0 Å². The van der Waals surface area contributed by atoms with Gasteiger partial charge in [0.2, 0.25) is 0 Å². The van der Waals surface area contributed by atoms with Gasteiger partial charge in [0.1, 0.15) is 0 Å². The van der Waals surface area contributed by atoms with Crippen LogP contribution < -0.4 is 0 Å². The van der Waals surface area contributed by atoms with E-state index in [-0.39, 0.29) is 12.0 Å². The zero-order valence-electron chi connectivity index (χ0n) is 9.01. The Balaban J connectivity index is 0.000000921. The van der Waals surface area contributed by atoms with Crippen LogP contribution in [0.3, 0.4) is 0 Å². The van der Waals surface area contributed by atoms with Crippen LogP contribution in [-0.4, -0.2) is 16.1 Å². The molecule has 0 N–H and O–H groups in total. The van der Waals surface area contributed by atoms with Gasteiger partial charge in [-0.15, -0.1) is 0 Å². The quantitative estimate of drug-likeness (QED) is 0.684. The summed E-state index contributed by atoms with van der Waals surface area (Å²) in [6, 6.07) is 0. The number of carbonyl (C=O) groups excluding carboxylic acids is 1. The molecule has 86 valence electrons. The van der Waals surface area contributed by atoms with Gasteiger partial charge in [-0.25, -0.2) is 0 Å². The lowest BCUT2D eigenvalue weighted by Gasteiger charge is -2.01. The van der Waals surface area contributed by atoms with Gasteiger partial charge in [0, 0.05) is 12.7 Å². The average Bonchev–Trinajstić information content (AvgIpc) is 2.46. The van der Waals surface area contributed by atoms with Gasteiger partial charge < -0.3 is 0 Å². The molecule has 0 atom stereocenters. The van der Waals surface area contributed by atoms with Crippen LogP contribution in [0.1, 0.15) is 35.6 Å². The highest BCUT2D eigenvalue weighted by Crippen LogP contribution is 2.31. The predicted octanol–water partition coefficient (Wildman–Crippen LogP) is 2.59. The van der Waals surface area contributed by atoms with Gasteiger partial charge >= 0.3 is 6.18 Å². The van der Waals surface area contributed by atoms with E-state index in [1.807, 2.05) is 13.8 Å². The summed E-state index contributed by atoms with van der Waals surface area (Å²) in [6.07, 6.45) is -4.40. The monoisotopic (exact) mass is 222 g/mol. The molecule has 0 aliphatic carbocycles. The molecule has 0 aliphatic heterocycles. The van der Waals surface area contributed by atoms with Crippen molar-refractivity contribution in [3.8, 4) is 0 Å². The minimum absolute atomic E-state index is 0.172. The van der Waals surface area contributed by atoms with E-state index < -0.39 is 17.4 Å². The maximum atomic E-state index is 12.2. The molecule has 15 heavy (non-hydrogen) atoms. The van der Waals surface area contributed by atoms with Crippen LogP contribution in [0.15, 0.2) is 0 Å². The van der Waals surface area contributed by atoms with Gasteiger partial charge in [0.25, 0.3) is 0 Å². The molecule has 0 bridgehead atoms. The van der Waals surface area contributed by atoms with Crippen molar-refractivity contribution >= 4 is 6.29 Å². The van der Waals surface area contributed by atoms with Gasteiger partial charge in [-0.1, -0.05) is 13.8 Å². The first-order valence-corrected chi connectivity index (χ1v) is 4.44. The van der Waals surface area contributed by atoms with Crippen molar-refractivity contribution in [1.82, 2.24) is 9.78 Å². The molecule has 0 unspecified atom stereocenters. The van der Waals surface area contributed by atoms with E-state index in [0.717, 1.165) is 4.68 Å². The molecular formula is C9H13F3N2O. The van der Waals surface area contributed by atoms with Crippen LogP contribution in [0.5, 0.6) is 0 Å². The van der Waals surface area contributed by atoms with E-state index in [1.165, 1.54) is 14.0 Å². The summed E-state index contributed by atoms with van der Waals surface area (Å²) in [5, 5.41) is 3.21. The molecule has 0 fully saturated rings. The van der Waals surface area contributed by atoms with E-state index in [2.05, 4.69) is 5.10 Å². The second kappa shape index (κ2) is 4.95. The highest BCUT2D eigenvalue weighted by atomic mass is 19.4. The zero-order valence-corrected chi connectivity index (χ0v) is 9.01. The molecule has 6 heteroatoms. The van der Waals surface area contributed by atoms with Crippen molar-refractivity contribution in [1.29, 1.82) is 0 Å². The topological polar surface area (TPSA) is 34.9 Å². The first-order chi connectivity index (χ1) is 6.88. The third-order valence-corrected chi connectivity index (χ3v) is 1.77. The summed E-state index contributed by atoms with van der Waals surface area (Å²) in [5.41, 5.74) is -1.31. The number of aryl methyl sites for hydroxylation is 1. The minimum atomic E-state index is -4.57. The van der Waals surface area contributed by atoms with Crippen LogP contribution >= 0.6 is 0 Å². The lowest BCUT2D eigenvalue weighted by Crippen LogP contribution is -2.09. The standard InChI is InChI=1S/C7H7F3N2O.C2H6/c1-4-5(3-13)6(7(8,9)10)11-12(4)2;1-2/h3H,1-2H3;1-2H3. The smallest absolute Gasteiger partial charge is 0.298 e. The molecule has 0 aliphatic rings. The lowest BCUT2D eigenvalue weighted by molar-refractivity contribution is -0.141. The number of hydrogen-bond acceptors (Lipinski definition) is 2. The number of aromatic nitrogens is 2. The average molecular weight is 222 g/mol. The van der Waals surface area contributed by atoms with E-state index in [1.54, 1.807) is 0 Å². The molecule has 1 aromatic rings. The van der Waals surface area contributed by atoms with Crippen LogP contribution in [0.4, 0.5) is 13.2 Å². The highest BCUT2D eigenvalue weighted by Gasteiger charge is 2.37. The Labute approximate surface area is 85.9 Å². The molecule has 1 aromatic heterocycles. The van der Waals surface area contributed by atoms with E-state index in [0.29, 0.717) is 0 Å². The molecule has 0 radical (unpaired) electrons. The number of halogens is 3. The van der Waals surface area contributed by atoms with Crippen LogP contribution in [0, 0.1) is 6.92 Å². The van der Waals surface area contributed by atoms with Crippen molar-refractivity contribution in [2.24, 2.45) is 7.05 Å². The van der Waals surface area contributed by atoms with Gasteiger partial charge in [-0.2, -0.15) is 18.3 Å². The normalized spacial score (nSPS) is 10.6. The Hall–Kier alpha value is -1.33. The molecular weight excluding hydrogens is 209 g/mol. The fraction of sp³-hybridized carbons (Fsp3) is 0.556. The summed E-state index contributed by atoms with van der Waals surface area (Å²) >= 11 is 0. The molecule has 1 heterocycles. The number of alkyl halides is 3. The van der Waals surface area contributed by atoms with Crippen molar-refractivity contribution in [2.75, 3.05) is 0 Å². The Morgan fingerprint density at radius 2 is 1.80 bits per heavy atom. The predicted molar refractivity (Wildman–Crippen MR) is 49.7 cm³/mol. The molecule has 0 amide bonds. The number of nitrogens with zero attached hydrogens (tertiary/aromatic N) is 2. The first kappa shape index (κ1) is 13.7.